The van der Waals surface area contributed by atoms with Gasteiger partial charge in [0, 0.05) is 22.3 Å². The molecule has 0 radical (unpaired) electrons. The highest BCUT2D eigenvalue weighted by Gasteiger charge is 2.19. The van der Waals surface area contributed by atoms with Crippen molar-refractivity contribution in [1.29, 1.82) is 0 Å². The third-order valence-electron chi connectivity index (χ3n) is 4.32. The predicted molar refractivity (Wildman–Crippen MR) is 104 cm³/mol. The maximum atomic E-state index is 13.4. The lowest BCUT2D eigenvalue weighted by molar-refractivity contribution is -0.103. The summed E-state index contributed by atoms with van der Waals surface area (Å²) in [6.45, 7) is 8.05. The van der Waals surface area contributed by atoms with Gasteiger partial charge in [0.1, 0.15) is 12.1 Å². The summed E-state index contributed by atoms with van der Waals surface area (Å²) in [5.74, 6) is -0.140. The van der Waals surface area contributed by atoms with E-state index in [0.29, 0.717) is 11.3 Å². The van der Waals surface area contributed by atoms with Gasteiger partial charge in [-0.25, -0.2) is 9.37 Å². The number of allylic oxidation sites excluding steroid dienone is 1. The molecule has 0 aliphatic heterocycles. The van der Waals surface area contributed by atoms with Gasteiger partial charge < -0.3 is 0 Å². The number of aromatic nitrogens is 1. The molecule has 0 N–H and O–H groups in total. The Hall–Kier alpha value is -3.07. The van der Waals surface area contributed by atoms with Crippen LogP contribution in [0.4, 0.5) is 4.39 Å². The summed E-state index contributed by atoms with van der Waals surface area (Å²) in [6, 6.07) is 18.0. The molecular formula is C23H20FNO. The molecule has 0 aliphatic rings. The van der Waals surface area contributed by atoms with E-state index in [1.807, 2.05) is 36.4 Å². The highest BCUT2D eigenvalue weighted by Crippen LogP contribution is 2.35. The smallest absolute Gasteiger partial charge is 0.150 e. The van der Waals surface area contributed by atoms with Crippen molar-refractivity contribution < 1.29 is 9.18 Å². The molecule has 3 aromatic rings. The molecule has 1 heterocycles. The highest BCUT2D eigenvalue weighted by molar-refractivity contribution is 6.09. The molecule has 130 valence electrons. The van der Waals surface area contributed by atoms with Gasteiger partial charge in [-0.15, -0.1) is 0 Å². The molecular weight excluding hydrogens is 325 g/mol. The van der Waals surface area contributed by atoms with Crippen molar-refractivity contribution in [1.82, 2.24) is 4.98 Å². The molecule has 1 aromatic heterocycles. The summed E-state index contributed by atoms with van der Waals surface area (Å²) in [4.78, 5) is 16.3. The number of nitrogens with zero attached hydrogens (tertiary/aromatic N) is 1. The Labute approximate surface area is 153 Å². The Morgan fingerprint density at radius 3 is 2.27 bits per heavy atom. The fourth-order valence-electron chi connectivity index (χ4n) is 2.99. The standard InChI is InChI=1S/C23H20FNO/c1-15(2)20-13-21(17-7-5-4-6-8-17)25-23(22(20)16(3)14-26)18-9-11-19(24)12-10-18/h4-15H,3H2,1-2H3. The minimum atomic E-state index is -0.312. The second-order valence-corrected chi connectivity index (χ2v) is 6.49. The Kier molecular flexibility index (Phi) is 5.08. The molecule has 2 aromatic carbocycles. The van der Waals surface area contributed by atoms with E-state index in [1.165, 1.54) is 12.1 Å². The number of benzene rings is 2. The zero-order chi connectivity index (χ0) is 18.7. The molecule has 0 spiro atoms. The van der Waals surface area contributed by atoms with Crippen LogP contribution in [0.1, 0.15) is 30.9 Å². The van der Waals surface area contributed by atoms with Crippen LogP contribution in [0.2, 0.25) is 0 Å². The van der Waals surface area contributed by atoms with E-state index in [-0.39, 0.29) is 11.7 Å². The van der Waals surface area contributed by atoms with Gasteiger partial charge in [0.25, 0.3) is 0 Å². The second-order valence-electron chi connectivity index (χ2n) is 6.49. The van der Waals surface area contributed by atoms with Crippen molar-refractivity contribution in [3.8, 4) is 22.5 Å². The third kappa shape index (κ3) is 3.47. The quantitative estimate of drug-likeness (QED) is 0.426. The molecule has 2 nitrogen and oxygen atoms in total. The fraction of sp³-hybridized carbons (Fsp3) is 0.130. The van der Waals surface area contributed by atoms with E-state index >= 15 is 0 Å². The lowest BCUT2D eigenvalue weighted by Gasteiger charge is -2.19. The van der Waals surface area contributed by atoms with Gasteiger partial charge >= 0.3 is 0 Å². The van der Waals surface area contributed by atoms with Crippen LogP contribution in [0, 0.1) is 5.82 Å². The Morgan fingerprint density at radius 1 is 1.04 bits per heavy atom. The normalized spacial score (nSPS) is 10.8. The zero-order valence-electron chi connectivity index (χ0n) is 14.9. The number of rotatable bonds is 5. The third-order valence-corrected chi connectivity index (χ3v) is 4.32. The number of hydrogen-bond acceptors (Lipinski definition) is 2. The highest BCUT2D eigenvalue weighted by atomic mass is 19.1. The maximum absolute atomic E-state index is 13.4. The number of carbonyl (C=O) groups excluding carboxylic acids is 1. The van der Waals surface area contributed by atoms with Crippen molar-refractivity contribution in [3.63, 3.8) is 0 Å². The van der Waals surface area contributed by atoms with Crippen LogP contribution in [-0.2, 0) is 4.79 Å². The summed E-state index contributed by atoms with van der Waals surface area (Å²) in [7, 11) is 0. The van der Waals surface area contributed by atoms with Gasteiger partial charge in [0.05, 0.1) is 11.4 Å². The van der Waals surface area contributed by atoms with Crippen molar-refractivity contribution in [3.05, 3.63) is 84.2 Å². The fourth-order valence-corrected chi connectivity index (χ4v) is 2.99. The summed E-state index contributed by atoms with van der Waals surface area (Å²) in [5.41, 5.74) is 5.30. The first-order chi connectivity index (χ1) is 12.5. The molecule has 0 aliphatic carbocycles. The van der Waals surface area contributed by atoms with Crippen LogP contribution in [0.3, 0.4) is 0 Å². The van der Waals surface area contributed by atoms with E-state index in [4.69, 9.17) is 4.98 Å². The lowest BCUT2D eigenvalue weighted by atomic mass is 9.89. The number of aldehydes is 1. The number of hydrogen-bond donors (Lipinski definition) is 0. The summed E-state index contributed by atoms with van der Waals surface area (Å²) >= 11 is 0. The number of pyridine rings is 1. The largest absolute Gasteiger partial charge is 0.298 e. The van der Waals surface area contributed by atoms with Crippen molar-refractivity contribution >= 4 is 11.9 Å². The average Bonchev–Trinajstić information content (AvgIpc) is 2.67. The Balaban J connectivity index is 2.34. The topological polar surface area (TPSA) is 30.0 Å². The summed E-state index contributed by atoms with van der Waals surface area (Å²) in [5, 5.41) is 0. The molecule has 0 amide bonds. The molecule has 0 saturated carbocycles. The van der Waals surface area contributed by atoms with Gasteiger partial charge in [-0.05, 0) is 41.8 Å². The van der Waals surface area contributed by atoms with Gasteiger partial charge in [0.15, 0.2) is 0 Å². The first-order valence-electron chi connectivity index (χ1n) is 8.52. The molecule has 0 unspecified atom stereocenters. The average molecular weight is 345 g/mol. The van der Waals surface area contributed by atoms with E-state index in [9.17, 15) is 9.18 Å². The van der Waals surface area contributed by atoms with Gasteiger partial charge in [-0.1, -0.05) is 50.8 Å². The lowest BCUT2D eigenvalue weighted by Crippen LogP contribution is -2.04. The van der Waals surface area contributed by atoms with Gasteiger partial charge in [0.2, 0.25) is 0 Å². The van der Waals surface area contributed by atoms with Crippen molar-refractivity contribution in [2.24, 2.45) is 0 Å². The van der Waals surface area contributed by atoms with Crippen LogP contribution in [0.5, 0.6) is 0 Å². The summed E-state index contributed by atoms with van der Waals surface area (Å²) in [6.07, 6.45) is 0.748. The first kappa shape index (κ1) is 17.7. The molecule has 0 saturated heterocycles. The minimum Gasteiger partial charge on any atom is -0.298 e. The van der Waals surface area contributed by atoms with Crippen LogP contribution < -0.4 is 0 Å². The molecule has 0 atom stereocenters. The van der Waals surface area contributed by atoms with E-state index in [1.54, 1.807) is 12.1 Å². The molecule has 0 fully saturated rings. The predicted octanol–water partition coefficient (Wildman–Crippen LogP) is 5.89. The molecule has 3 rings (SSSR count). The second kappa shape index (κ2) is 7.44. The van der Waals surface area contributed by atoms with Crippen LogP contribution >= 0.6 is 0 Å². The van der Waals surface area contributed by atoms with Crippen molar-refractivity contribution in [2.45, 2.75) is 19.8 Å². The van der Waals surface area contributed by atoms with Gasteiger partial charge in [-0.2, -0.15) is 0 Å². The first-order valence-corrected chi connectivity index (χ1v) is 8.52. The van der Waals surface area contributed by atoms with Crippen LogP contribution in [0.15, 0.2) is 67.2 Å². The molecule has 26 heavy (non-hydrogen) atoms. The monoisotopic (exact) mass is 345 g/mol. The van der Waals surface area contributed by atoms with Crippen LogP contribution in [0.25, 0.3) is 28.1 Å². The minimum absolute atomic E-state index is 0.173. The molecule has 3 heteroatoms. The Morgan fingerprint density at radius 2 is 1.69 bits per heavy atom. The number of halogens is 1. The van der Waals surface area contributed by atoms with Crippen molar-refractivity contribution in [2.75, 3.05) is 0 Å². The zero-order valence-corrected chi connectivity index (χ0v) is 14.9. The van der Waals surface area contributed by atoms with E-state index in [0.717, 1.165) is 34.2 Å². The molecule has 0 bridgehead atoms. The SMILES string of the molecule is C=C(C=O)c1c(C(C)C)cc(-c2ccccc2)nc1-c1ccc(F)cc1. The Bertz CT molecular complexity index is 944. The maximum Gasteiger partial charge on any atom is 0.150 e. The van der Waals surface area contributed by atoms with E-state index < -0.39 is 0 Å². The van der Waals surface area contributed by atoms with Crippen LogP contribution in [-0.4, -0.2) is 11.3 Å². The van der Waals surface area contributed by atoms with Gasteiger partial charge in [-0.3, -0.25) is 4.79 Å². The van der Waals surface area contributed by atoms with E-state index in [2.05, 4.69) is 20.4 Å². The summed E-state index contributed by atoms with van der Waals surface area (Å²) < 4.78 is 13.4. The number of carbonyl (C=O) groups is 1.